The number of nitrogens with zero attached hydrogens (tertiary/aromatic N) is 4. The highest BCUT2D eigenvalue weighted by Gasteiger charge is 2.65. The highest BCUT2D eigenvalue weighted by atomic mass is 16.6. The molecule has 1 spiro atoms. The summed E-state index contributed by atoms with van der Waals surface area (Å²) < 4.78 is 12.3. The third-order valence-electron chi connectivity index (χ3n) is 5.36. The Morgan fingerprint density at radius 3 is 2.96 bits per heavy atom. The summed E-state index contributed by atoms with van der Waals surface area (Å²) in [6.45, 7) is 2.49. The van der Waals surface area contributed by atoms with Gasteiger partial charge in [-0.25, -0.2) is 9.98 Å². The molecule has 0 unspecified atom stereocenters. The van der Waals surface area contributed by atoms with Crippen LogP contribution in [0.3, 0.4) is 0 Å². The molecule has 1 saturated heterocycles. The molecule has 8 nitrogen and oxygen atoms in total. The van der Waals surface area contributed by atoms with Gasteiger partial charge in [0, 0.05) is 33.3 Å². The highest BCUT2D eigenvalue weighted by molar-refractivity contribution is 6.10. The van der Waals surface area contributed by atoms with E-state index < -0.39 is 17.2 Å². The molecule has 0 saturated carbocycles. The second-order valence-corrected chi connectivity index (χ2v) is 7.70. The molecule has 1 amide bonds. The van der Waals surface area contributed by atoms with Crippen LogP contribution in [0.1, 0.15) is 25.3 Å². The van der Waals surface area contributed by atoms with Crippen molar-refractivity contribution in [1.29, 1.82) is 0 Å². The van der Waals surface area contributed by atoms with Gasteiger partial charge in [0.1, 0.15) is 23.2 Å². The molecule has 0 aliphatic carbocycles. The van der Waals surface area contributed by atoms with Gasteiger partial charge in [-0.05, 0) is 38.0 Å². The highest BCUT2D eigenvalue weighted by Crippen LogP contribution is 2.53. The zero-order chi connectivity index (χ0) is 19.4. The maximum Gasteiger partial charge on any atom is 0.264 e. The minimum atomic E-state index is -1.32. The van der Waals surface area contributed by atoms with Gasteiger partial charge in [0.05, 0.1) is 6.34 Å². The number of phenols is 1. The number of aromatic hydroxyl groups is 1. The number of guanidine groups is 1. The first-order valence-electron chi connectivity index (χ1n) is 9.01. The fourth-order valence-electron chi connectivity index (χ4n) is 4.15. The number of rotatable bonds is 1. The van der Waals surface area contributed by atoms with E-state index in [1.807, 2.05) is 21.0 Å². The number of hydrogen-bond donors (Lipinski definition) is 1. The van der Waals surface area contributed by atoms with Crippen molar-refractivity contribution in [3.05, 3.63) is 23.8 Å². The first-order chi connectivity index (χ1) is 12.8. The van der Waals surface area contributed by atoms with Gasteiger partial charge in [-0.15, -0.1) is 0 Å². The maximum atomic E-state index is 13.5. The molecule has 4 rings (SSSR count). The van der Waals surface area contributed by atoms with E-state index >= 15 is 0 Å². The SMILES string of the molecule is CN(C)C=NC1=N[C@@]2(C(=O)N1C)c1cc(O)ccc1O[C@]1(C)CCCO[C@H]12. The molecule has 0 aromatic heterocycles. The molecule has 3 atom stereocenters. The van der Waals surface area contributed by atoms with Gasteiger partial charge in [0.25, 0.3) is 5.91 Å². The van der Waals surface area contributed by atoms with Gasteiger partial charge >= 0.3 is 0 Å². The predicted molar refractivity (Wildman–Crippen MR) is 100 cm³/mol. The number of ether oxygens (including phenoxy) is 2. The molecule has 1 aromatic rings. The van der Waals surface area contributed by atoms with Crippen molar-refractivity contribution < 1.29 is 19.4 Å². The van der Waals surface area contributed by atoms with Crippen LogP contribution >= 0.6 is 0 Å². The van der Waals surface area contributed by atoms with Crippen LogP contribution in [0, 0.1) is 0 Å². The molecule has 3 aliphatic rings. The average molecular weight is 372 g/mol. The third kappa shape index (κ3) is 2.50. The molecular formula is C19H24N4O4. The number of amides is 1. The lowest BCUT2D eigenvalue weighted by atomic mass is 9.71. The Morgan fingerprint density at radius 2 is 2.22 bits per heavy atom. The van der Waals surface area contributed by atoms with Crippen molar-refractivity contribution in [2.45, 2.75) is 37.0 Å². The Morgan fingerprint density at radius 1 is 1.44 bits per heavy atom. The second-order valence-electron chi connectivity index (χ2n) is 7.70. The van der Waals surface area contributed by atoms with Gasteiger partial charge in [-0.3, -0.25) is 9.69 Å². The summed E-state index contributed by atoms with van der Waals surface area (Å²) >= 11 is 0. The van der Waals surface area contributed by atoms with E-state index in [4.69, 9.17) is 14.5 Å². The fourth-order valence-corrected chi connectivity index (χ4v) is 4.15. The van der Waals surface area contributed by atoms with Gasteiger partial charge in [-0.2, -0.15) is 0 Å². The Labute approximate surface area is 158 Å². The summed E-state index contributed by atoms with van der Waals surface area (Å²) in [4.78, 5) is 25.9. The smallest absolute Gasteiger partial charge is 0.264 e. The van der Waals surface area contributed by atoms with Crippen LogP contribution in [-0.4, -0.2) is 72.6 Å². The minimum absolute atomic E-state index is 0.0482. The standard InChI is InChI=1S/C19H24N4O4/c1-18-8-5-9-26-15(18)19(13-10-12(24)6-7-14(13)27-18)16(25)23(4)17(21-19)20-11-22(2)3/h6-7,10-11,15,24H,5,8-9H2,1-4H3/t15-,18-,19+/m1/s1. The molecule has 0 bridgehead atoms. The number of phenolic OH excluding ortho intramolecular Hbond substituents is 1. The topological polar surface area (TPSA) is 87.0 Å². The normalized spacial score (nSPS) is 32.3. The summed E-state index contributed by atoms with van der Waals surface area (Å²) in [5.41, 5.74) is -1.50. The molecule has 0 radical (unpaired) electrons. The van der Waals surface area contributed by atoms with E-state index in [2.05, 4.69) is 4.99 Å². The number of benzene rings is 1. The molecule has 3 heterocycles. The predicted octanol–water partition coefficient (Wildman–Crippen LogP) is 1.34. The quantitative estimate of drug-likeness (QED) is 0.594. The van der Waals surface area contributed by atoms with Gasteiger partial charge in [0.2, 0.25) is 11.5 Å². The molecule has 1 fully saturated rings. The first kappa shape index (κ1) is 17.8. The van der Waals surface area contributed by atoms with Crippen LogP contribution in [0.4, 0.5) is 0 Å². The van der Waals surface area contributed by atoms with Gasteiger partial charge in [-0.1, -0.05) is 0 Å². The van der Waals surface area contributed by atoms with Crippen molar-refractivity contribution in [2.24, 2.45) is 9.98 Å². The number of carbonyl (C=O) groups is 1. The van der Waals surface area contributed by atoms with Crippen LogP contribution in [0.15, 0.2) is 28.2 Å². The average Bonchev–Trinajstić information content (AvgIpc) is 2.86. The van der Waals surface area contributed by atoms with Crippen molar-refractivity contribution in [1.82, 2.24) is 9.80 Å². The lowest BCUT2D eigenvalue weighted by Crippen LogP contribution is -2.64. The maximum absolute atomic E-state index is 13.5. The Balaban J connectivity index is 1.95. The Bertz CT molecular complexity index is 852. The van der Waals surface area contributed by atoms with E-state index in [0.29, 0.717) is 23.9 Å². The van der Waals surface area contributed by atoms with Crippen LogP contribution in [-0.2, 0) is 15.1 Å². The van der Waals surface area contributed by atoms with Crippen molar-refractivity contribution in [3.8, 4) is 11.5 Å². The summed E-state index contributed by atoms with van der Waals surface area (Å²) in [6, 6.07) is 4.78. The Hall–Kier alpha value is -2.61. The Kier molecular flexibility index (Phi) is 3.92. The van der Waals surface area contributed by atoms with Crippen molar-refractivity contribution in [2.75, 3.05) is 27.7 Å². The molecule has 27 heavy (non-hydrogen) atoms. The van der Waals surface area contributed by atoms with Crippen molar-refractivity contribution in [3.63, 3.8) is 0 Å². The van der Waals surface area contributed by atoms with Gasteiger partial charge < -0.3 is 19.5 Å². The van der Waals surface area contributed by atoms with E-state index in [9.17, 15) is 9.90 Å². The fraction of sp³-hybridized carbons (Fsp3) is 0.526. The van der Waals surface area contributed by atoms with E-state index in [-0.39, 0.29) is 11.7 Å². The van der Waals surface area contributed by atoms with Crippen LogP contribution in [0.5, 0.6) is 11.5 Å². The van der Waals surface area contributed by atoms with Crippen LogP contribution in [0.2, 0.25) is 0 Å². The van der Waals surface area contributed by atoms with E-state index in [1.165, 1.54) is 4.90 Å². The summed E-state index contributed by atoms with van der Waals surface area (Å²) in [6.07, 6.45) is 2.60. The summed E-state index contributed by atoms with van der Waals surface area (Å²) in [5, 5.41) is 10.1. The molecule has 1 N–H and O–H groups in total. The lowest BCUT2D eigenvalue weighted by molar-refractivity contribution is -0.175. The molecule has 1 aromatic carbocycles. The van der Waals surface area contributed by atoms with Crippen LogP contribution < -0.4 is 4.74 Å². The number of likely N-dealkylation sites (N-methyl/N-ethyl adjacent to an activating group) is 1. The summed E-state index contributed by atoms with van der Waals surface area (Å²) in [7, 11) is 5.35. The third-order valence-corrected chi connectivity index (χ3v) is 5.36. The zero-order valence-corrected chi connectivity index (χ0v) is 16.0. The van der Waals surface area contributed by atoms with Gasteiger partial charge in [0.15, 0.2) is 0 Å². The monoisotopic (exact) mass is 372 g/mol. The minimum Gasteiger partial charge on any atom is -0.508 e. The molecule has 3 aliphatic heterocycles. The number of fused-ring (bicyclic) bond motifs is 4. The van der Waals surface area contributed by atoms with Crippen molar-refractivity contribution >= 4 is 18.2 Å². The lowest BCUT2D eigenvalue weighted by Gasteiger charge is -2.51. The summed E-state index contributed by atoms with van der Waals surface area (Å²) in [5.74, 6) is 0.663. The largest absolute Gasteiger partial charge is 0.508 e. The number of carbonyl (C=O) groups excluding carboxylic acids is 1. The molecule has 8 heteroatoms. The van der Waals surface area contributed by atoms with Crippen LogP contribution in [0.25, 0.3) is 0 Å². The van der Waals surface area contributed by atoms with E-state index in [0.717, 1.165) is 12.8 Å². The molecular weight excluding hydrogens is 348 g/mol. The first-order valence-corrected chi connectivity index (χ1v) is 9.01. The number of hydrogen-bond acceptors (Lipinski definition) is 6. The number of aliphatic imine (C=N–C) groups is 2. The molecule has 144 valence electrons. The zero-order valence-electron chi connectivity index (χ0n) is 16.0. The second kappa shape index (κ2) is 5.95. The van der Waals surface area contributed by atoms with E-state index in [1.54, 1.807) is 36.5 Å².